The van der Waals surface area contributed by atoms with Crippen LogP contribution in [0.2, 0.25) is 0 Å². The van der Waals surface area contributed by atoms with Gasteiger partial charge < -0.3 is 15.2 Å². The maximum Gasteiger partial charge on any atom is 0.413 e. The molecule has 2 aromatic carbocycles. The Balaban J connectivity index is 1.27. The lowest BCUT2D eigenvalue weighted by molar-refractivity contribution is -0.136. The van der Waals surface area contributed by atoms with E-state index in [2.05, 4.69) is 39.9 Å². The first-order chi connectivity index (χ1) is 16.0. The number of thiazole rings is 1. The summed E-state index contributed by atoms with van der Waals surface area (Å²) in [4.78, 5) is 39.6. The highest BCUT2D eigenvalue weighted by molar-refractivity contribution is 7.15. The number of carbonyl (C=O) groups is 3. The minimum Gasteiger partial charge on any atom is -0.481 e. The van der Waals surface area contributed by atoms with Crippen LogP contribution in [0.25, 0.3) is 11.1 Å². The number of ether oxygens (including phenoxy) is 1. The minimum atomic E-state index is -0.957. The molecule has 1 aliphatic rings. The highest BCUT2D eigenvalue weighted by atomic mass is 32.1. The summed E-state index contributed by atoms with van der Waals surface area (Å²) in [5.41, 5.74) is 4.62. The number of anilines is 1. The van der Waals surface area contributed by atoms with Gasteiger partial charge in [-0.1, -0.05) is 48.5 Å². The monoisotopic (exact) mass is 465 g/mol. The van der Waals surface area contributed by atoms with Gasteiger partial charge in [-0.05, 0) is 28.7 Å². The molecule has 1 heterocycles. The first-order valence-electron chi connectivity index (χ1n) is 10.6. The van der Waals surface area contributed by atoms with Crippen LogP contribution in [-0.4, -0.2) is 41.2 Å². The van der Waals surface area contributed by atoms with Crippen LogP contribution >= 0.6 is 11.3 Å². The Bertz CT molecular complexity index is 1130. The Morgan fingerprint density at radius 3 is 2.33 bits per heavy atom. The fourth-order valence-electron chi connectivity index (χ4n) is 3.84. The number of benzene rings is 2. The number of hydrogen-bond acceptors (Lipinski definition) is 6. The van der Waals surface area contributed by atoms with Crippen LogP contribution in [-0.2, 0) is 20.7 Å². The smallest absolute Gasteiger partial charge is 0.413 e. The first-order valence-corrected chi connectivity index (χ1v) is 11.4. The molecule has 170 valence electrons. The zero-order valence-electron chi connectivity index (χ0n) is 17.7. The normalized spacial score (nSPS) is 12.0. The topological polar surface area (TPSA) is 118 Å². The molecule has 0 bridgehead atoms. The molecule has 0 saturated carbocycles. The lowest BCUT2D eigenvalue weighted by atomic mass is 9.98. The molecule has 8 nitrogen and oxygen atoms in total. The average Bonchev–Trinajstić information content (AvgIpc) is 3.38. The van der Waals surface area contributed by atoms with Gasteiger partial charge in [0, 0.05) is 30.0 Å². The summed E-state index contributed by atoms with van der Waals surface area (Å²) in [6, 6.07) is 16.3. The van der Waals surface area contributed by atoms with Crippen LogP contribution in [0, 0.1) is 0 Å². The lowest BCUT2D eigenvalue weighted by Crippen LogP contribution is -2.26. The molecule has 0 aliphatic heterocycles. The molecule has 0 fully saturated rings. The van der Waals surface area contributed by atoms with Gasteiger partial charge in [-0.25, -0.2) is 9.78 Å². The van der Waals surface area contributed by atoms with Gasteiger partial charge in [0.2, 0.25) is 5.91 Å². The van der Waals surface area contributed by atoms with Crippen LogP contribution < -0.4 is 10.6 Å². The highest BCUT2D eigenvalue weighted by Gasteiger charge is 2.29. The number of nitrogens with zero attached hydrogens (tertiary/aromatic N) is 1. The van der Waals surface area contributed by atoms with Crippen LogP contribution in [0.4, 0.5) is 9.93 Å². The molecule has 0 spiro atoms. The van der Waals surface area contributed by atoms with Crippen LogP contribution in [0.3, 0.4) is 0 Å². The third-order valence-corrected chi connectivity index (χ3v) is 6.34. The molecule has 0 unspecified atom stereocenters. The zero-order valence-corrected chi connectivity index (χ0v) is 18.6. The number of aryl methyl sites for hydroxylation is 1. The quantitative estimate of drug-likeness (QED) is 0.439. The molecule has 2 amide bonds. The second kappa shape index (κ2) is 10.3. The fraction of sp³-hybridized carbons (Fsp3) is 0.250. The van der Waals surface area contributed by atoms with E-state index in [0.29, 0.717) is 11.6 Å². The van der Waals surface area contributed by atoms with Crippen molar-refractivity contribution in [3.63, 3.8) is 0 Å². The predicted octanol–water partition coefficient (Wildman–Crippen LogP) is 4.03. The van der Waals surface area contributed by atoms with Gasteiger partial charge in [-0.3, -0.25) is 14.9 Å². The summed E-state index contributed by atoms with van der Waals surface area (Å²) in [5, 5.41) is 14.2. The van der Waals surface area contributed by atoms with E-state index in [1.807, 2.05) is 24.3 Å². The molecular weight excluding hydrogens is 442 g/mol. The number of nitrogens with one attached hydrogen (secondary N) is 2. The molecule has 3 N–H and O–H groups in total. The molecule has 0 radical (unpaired) electrons. The van der Waals surface area contributed by atoms with Gasteiger partial charge in [-0.15, -0.1) is 11.3 Å². The summed E-state index contributed by atoms with van der Waals surface area (Å²) in [6.07, 6.45) is 1.58. The number of rotatable bonds is 9. The number of aromatic nitrogens is 1. The van der Waals surface area contributed by atoms with Crippen LogP contribution in [0.15, 0.2) is 54.7 Å². The van der Waals surface area contributed by atoms with Crippen molar-refractivity contribution >= 4 is 34.4 Å². The third-order valence-electron chi connectivity index (χ3n) is 5.37. The van der Waals surface area contributed by atoms with E-state index in [4.69, 9.17) is 9.84 Å². The Kier molecular flexibility index (Phi) is 6.99. The summed E-state index contributed by atoms with van der Waals surface area (Å²) >= 11 is 1.27. The Morgan fingerprint density at radius 2 is 1.67 bits per heavy atom. The van der Waals surface area contributed by atoms with Crippen molar-refractivity contribution in [3.8, 4) is 11.1 Å². The van der Waals surface area contributed by atoms with E-state index in [0.717, 1.165) is 16.0 Å². The molecule has 3 aromatic rings. The van der Waals surface area contributed by atoms with Gasteiger partial charge >= 0.3 is 12.1 Å². The standard InChI is InChI=1S/C24H23N3O5S/c28-21(25-12-11-22(29)30)10-9-15-13-26-23(33-15)27-24(31)32-14-20-18-7-3-1-5-16(18)17-6-2-4-8-19(17)20/h1-8,13,20H,9-12,14H2,(H,25,28)(H,29,30)(H,26,27,31). The first kappa shape index (κ1) is 22.5. The third kappa shape index (κ3) is 5.56. The van der Waals surface area contributed by atoms with Crippen molar-refractivity contribution < 1.29 is 24.2 Å². The van der Waals surface area contributed by atoms with Crippen molar-refractivity contribution in [1.82, 2.24) is 10.3 Å². The number of carbonyl (C=O) groups excluding carboxylic acids is 2. The van der Waals surface area contributed by atoms with E-state index in [1.165, 1.54) is 22.5 Å². The second-order valence-corrected chi connectivity index (χ2v) is 8.69. The number of aliphatic carboxylic acids is 1. The van der Waals surface area contributed by atoms with Crippen LogP contribution in [0.1, 0.15) is 34.8 Å². The van der Waals surface area contributed by atoms with Crippen molar-refractivity contribution in [3.05, 3.63) is 70.7 Å². The number of carboxylic acids is 1. The number of amides is 2. The maximum absolute atomic E-state index is 12.4. The van der Waals surface area contributed by atoms with Gasteiger partial charge in [0.05, 0.1) is 6.42 Å². The molecule has 1 aromatic heterocycles. The SMILES string of the molecule is O=C(O)CCNC(=O)CCc1cnc(NC(=O)OCC2c3ccccc3-c3ccccc32)s1. The van der Waals surface area contributed by atoms with Crippen molar-refractivity contribution in [2.45, 2.75) is 25.2 Å². The number of fused-ring (bicyclic) bond motifs is 3. The lowest BCUT2D eigenvalue weighted by Gasteiger charge is -2.14. The number of hydrogen-bond donors (Lipinski definition) is 3. The average molecular weight is 466 g/mol. The predicted molar refractivity (Wildman–Crippen MR) is 124 cm³/mol. The van der Waals surface area contributed by atoms with Gasteiger partial charge in [0.15, 0.2) is 5.13 Å². The molecular formula is C24H23N3O5S. The molecule has 0 saturated heterocycles. The minimum absolute atomic E-state index is 0.0188. The summed E-state index contributed by atoms with van der Waals surface area (Å²) in [6.45, 7) is 0.319. The van der Waals surface area contributed by atoms with E-state index in [1.54, 1.807) is 6.20 Å². The van der Waals surface area contributed by atoms with Crippen molar-refractivity contribution in [1.29, 1.82) is 0 Å². The van der Waals surface area contributed by atoms with Gasteiger partial charge in [0.1, 0.15) is 6.61 Å². The van der Waals surface area contributed by atoms with Crippen LogP contribution in [0.5, 0.6) is 0 Å². The van der Waals surface area contributed by atoms with E-state index in [-0.39, 0.29) is 37.8 Å². The second-order valence-electron chi connectivity index (χ2n) is 7.58. The summed E-state index contributed by atoms with van der Waals surface area (Å²) < 4.78 is 5.52. The molecule has 4 rings (SSSR count). The molecule has 33 heavy (non-hydrogen) atoms. The Labute approximate surface area is 194 Å². The van der Waals surface area contributed by atoms with Gasteiger partial charge in [-0.2, -0.15) is 0 Å². The molecule has 0 atom stereocenters. The van der Waals surface area contributed by atoms with Crippen molar-refractivity contribution in [2.75, 3.05) is 18.5 Å². The molecule has 9 heteroatoms. The van der Waals surface area contributed by atoms with E-state index < -0.39 is 12.1 Å². The van der Waals surface area contributed by atoms with E-state index >= 15 is 0 Å². The Morgan fingerprint density at radius 1 is 1.00 bits per heavy atom. The van der Waals surface area contributed by atoms with Gasteiger partial charge in [0.25, 0.3) is 0 Å². The van der Waals surface area contributed by atoms with Crippen molar-refractivity contribution in [2.24, 2.45) is 0 Å². The fourth-order valence-corrected chi connectivity index (χ4v) is 4.63. The highest BCUT2D eigenvalue weighted by Crippen LogP contribution is 2.44. The Hall–Kier alpha value is -3.72. The summed E-state index contributed by atoms with van der Waals surface area (Å²) in [5.74, 6) is -1.20. The van der Waals surface area contributed by atoms with E-state index in [9.17, 15) is 14.4 Å². The largest absolute Gasteiger partial charge is 0.481 e. The summed E-state index contributed by atoms with van der Waals surface area (Å²) in [7, 11) is 0. The molecule has 1 aliphatic carbocycles. The zero-order chi connectivity index (χ0) is 23.2. The maximum atomic E-state index is 12.4. The number of carboxylic acid groups (broad SMARTS) is 1.